The lowest BCUT2D eigenvalue weighted by Crippen LogP contribution is -2.35. The molecule has 0 saturated carbocycles. The van der Waals surface area contributed by atoms with Gasteiger partial charge in [0.25, 0.3) is 11.8 Å². The van der Waals surface area contributed by atoms with Crippen molar-refractivity contribution in [1.82, 2.24) is 4.90 Å². The number of amides is 2. The zero-order chi connectivity index (χ0) is 21.0. The first-order valence-electron chi connectivity index (χ1n) is 10.2. The van der Waals surface area contributed by atoms with Crippen molar-refractivity contribution in [2.45, 2.75) is 40.2 Å². The number of carbonyl (C=O) groups excluding carboxylic acids is 2. The molecule has 1 aliphatic rings. The van der Waals surface area contributed by atoms with Crippen LogP contribution in [-0.2, 0) is 9.59 Å². The summed E-state index contributed by atoms with van der Waals surface area (Å²) in [6.45, 7) is 8.87. The fraction of sp³-hybridized carbons (Fsp3) is 0.333. The molecule has 0 spiro atoms. The van der Waals surface area contributed by atoms with Crippen molar-refractivity contribution in [3.63, 3.8) is 0 Å². The van der Waals surface area contributed by atoms with Crippen LogP contribution in [0.1, 0.15) is 39.7 Å². The Morgan fingerprint density at radius 1 is 0.931 bits per heavy atom. The maximum absolute atomic E-state index is 13.3. The van der Waals surface area contributed by atoms with E-state index in [0.717, 1.165) is 23.4 Å². The van der Waals surface area contributed by atoms with Crippen LogP contribution >= 0.6 is 0 Å². The molecule has 0 N–H and O–H groups in total. The van der Waals surface area contributed by atoms with Crippen LogP contribution in [0, 0.1) is 0 Å². The van der Waals surface area contributed by atoms with Crippen LogP contribution in [0.5, 0.6) is 5.75 Å². The van der Waals surface area contributed by atoms with E-state index >= 15 is 0 Å². The number of anilines is 1. The molecule has 0 aliphatic carbocycles. The molecule has 1 heterocycles. The molecular formula is C24H28N2O3. The van der Waals surface area contributed by atoms with Gasteiger partial charge in [-0.1, -0.05) is 37.3 Å². The van der Waals surface area contributed by atoms with E-state index in [1.165, 1.54) is 4.90 Å². The molecule has 0 fully saturated rings. The van der Waals surface area contributed by atoms with Crippen molar-refractivity contribution < 1.29 is 14.3 Å². The first kappa shape index (κ1) is 20.6. The maximum atomic E-state index is 13.3. The van der Waals surface area contributed by atoms with Crippen molar-refractivity contribution >= 4 is 23.1 Å². The zero-order valence-electron chi connectivity index (χ0n) is 17.5. The van der Waals surface area contributed by atoms with Gasteiger partial charge in [-0.05, 0) is 57.0 Å². The highest BCUT2D eigenvalue weighted by Crippen LogP contribution is 2.34. The number of hydrogen-bond acceptors (Lipinski definition) is 4. The Bertz CT molecular complexity index is 901. The number of nitrogens with zero attached hydrogens (tertiary/aromatic N) is 2. The van der Waals surface area contributed by atoms with Gasteiger partial charge in [-0.2, -0.15) is 0 Å². The van der Waals surface area contributed by atoms with Gasteiger partial charge in [0.05, 0.1) is 11.7 Å². The predicted octanol–water partition coefficient (Wildman–Crippen LogP) is 4.49. The van der Waals surface area contributed by atoms with Crippen LogP contribution < -0.4 is 9.64 Å². The van der Waals surface area contributed by atoms with Crippen LogP contribution in [0.25, 0.3) is 5.57 Å². The third-order valence-electron chi connectivity index (χ3n) is 4.76. The second kappa shape index (κ2) is 8.95. The number of rotatable bonds is 8. The topological polar surface area (TPSA) is 49.9 Å². The third kappa shape index (κ3) is 4.19. The molecule has 2 amide bonds. The van der Waals surface area contributed by atoms with Crippen LogP contribution in [0.15, 0.2) is 60.3 Å². The Kier molecular flexibility index (Phi) is 6.37. The Labute approximate surface area is 172 Å². The van der Waals surface area contributed by atoms with Crippen molar-refractivity contribution in [1.29, 1.82) is 0 Å². The number of imide groups is 1. The van der Waals surface area contributed by atoms with E-state index in [2.05, 4.69) is 0 Å². The van der Waals surface area contributed by atoms with Crippen LogP contribution in [-0.4, -0.2) is 35.9 Å². The molecule has 0 atom stereocenters. The van der Waals surface area contributed by atoms with Gasteiger partial charge in [0.2, 0.25) is 0 Å². The van der Waals surface area contributed by atoms with Gasteiger partial charge in [0.15, 0.2) is 0 Å². The molecule has 0 aromatic heterocycles. The largest absolute Gasteiger partial charge is 0.491 e. The standard InChI is InChI=1S/C24H28N2O3/c1-5-16-26-23(27)21(18-12-14-20(15-13-18)29-17(3)4)22(24(26)28)25(6-2)19-10-8-7-9-11-19/h7-15,17H,5-6,16H2,1-4H3. The quantitative estimate of drug-likeness (QED) is 0.621. The van der Waals surface area contributed by atoms with E-state index in [0.29, 0.717) is 24.4 Å². The minimum Gasteiger partial charge on any atom is -0.491 e. The molecule has 5 nitrogen and oxygen atoms in total. The fourth-order valence-corrected chi connectivity index (χ4v) is 3.55. The van der Waals surface area contributed by atoms with E-state index in [1.807, 2.05) is 87.2 Å². The molecule has 0 unspecified atom stereocenters. The summed E-state index contributed by atoms with van der Waals surface area (Å²) in [5.74, 6) is 0.266. The smallest absolute Gasteiger partial charge is 0.278 e. The molecule has 29 heavy (non-hydrogen) atoms. The summed E-state index contributed by atoms with van der Waals surface area (Å²) in [5.41, 5.74) is 2.50. The highest BCUT2D eigenvalue weighted by atomic mass is 16.5. The normalized spacial score (nSPS) is 14.2. The van der Waals surface area contributed by atoms with Crippen molar-refractivity contribution in [2.24, 2.45) is 0 Å². The highest BCUT2D eigenvalue weighted by Gasteiger charge is 2.41. The van der Waals surface area contributed by atoms with Crippen molar-refractivity contribution in [3.8, 4) is 5.75 Å². The first-order valence-corrected chi connectivity index (χ1v) is 10.2. The lowest BCUT2D eigenvalue weighted by molar-refractivity contribution is -0.136. The molecule has 0 saturated heterocycles. The maximum Gasteiger partial charge on any atom is 0.278 e. The molecule has 2 aromatic carbocycles. The zero-order valence-corrected chi connectivity index (χ0v) is 17.5. The van der Waals surface area contributed by atoms with Crippen LogP contribution in [0.2, 0.25) is 0 Å². The summed E-state index contributed by atoms with van der Waals surface area (Å²) >= 11 is 0. The van der Waals surface area contributed by atoms with E-state index in [9.17, 15) is 9.59 Å². The molecule has 2 aromatic rings. The predicted molar refractivity (Wildman–Crippen MR) is 116 cm³/mol. The fourth-order valence-electron chi connectivity index (χ4n) is 3.55. The van der Waals surface area contributed by atoms with Gasteiger partial charge >= 0.3 is 0 Å². The van der Waals surface area contributed by atoms with Gasteiger partial charge in [0.1, 0.15) is 11.4 Å². The average Bonchev–Trinajstić information content (AvgIpc) is 2.95. The van der Waals surface area contributed by atoms with Crippen LogP contribution in [0.3, 0.4) is 0 Å². The monoisotopic (exact) mass is 392 g/mol. The molecule has 3 rings (SSSR count). The summed E-state index contributed by atoms with van der Waals surface area (Å²) in [7, 11) is 0. The summed E-state index contributed by atoms with van der Waals surface area (Å²) in [5, 5.41) is 0. The van der Waals surface area contributed by atoms with E-state index in [1.54, 1.807) is 0 Å². The summed E-state index contributed by atoms with van der Waals surface area (Å²) in [4.78, 5) is 29.8. The molecule has 1 aliphatic heterocycles. The van der Waals surface area contributed by atoms with Gasteiger partial charge in [-0.15, -0.1) is 0 Å². The number of para-hydroxylation sites is 1. The van der Waals surface area contributed by atoms with Crippen molar-refractivity contribution in [3.05, 3.63) is 65.9 Å². The summed E-state index contributed by atoms with van der Waals surface area (Å²) < 4.78 is 5.72. The Balaban J connectivity index is 2.10. The molecule has 5 heteroatoms. The number of likely N-dealkylation sites (N-methyl/N-ethyl adjacent to an activating group) is 1. The van der Waals surface area contributed by atoms with E-state index in [-0.39, 0.29) is 17.9 Å². The van der Waals surface area contributed by atoms with Gasteiger partial charge in [-0.25, -0.2) is 0 Å². The third-order valence-corrected chi connectivity index (χ3v) is 4.76. The van der Waals surface area contributed by atoms with Gasteiger partial charge in [-0.3, -0.25) is 14.5 Å². The first-order chi connectivity index (χ1) is 14.0. The number of ether oxygens (including phenoxy) is 1. The van der Waals surface area contributed by atoms with Gasteiger partial charge < -0.3 is 9.64 Å². The van der Waals surface area contributed by atoms with Gasteiger partial charge in [0, 0.05) is 18.8 Å². The minimum absolute atomic E-state index is 0.0685. The lowest BCUT2D eigenvalue weighted by Gasteiger charge is -2.24. The Hall–Kier alpha value is -3.08. The Morgan fingerprint density at radius 2 is 1.59 bits per heavy atom. The minimum atomic E-state index is -0.237. The second-order valence-corrected chi connectivity index (χ2v) is 7.26. The molecular weight excluding hydrogens is 364 g/mol. The van der Waals surface area contributed by atoms with E-state index in [4.69, 9.17) is 4.74 Å². The summed E-state index contributed by atoms with van der Waals surface area (Å²) in [6.07, 6.45) is 0.787. The Morgan fingerprint density at radius 3 is 2.14 bits per heavy atom. The molecule has 0 bridgehead atoms. The summed E-state index contributed by atoms with van der Waals surface area (Å²) in [6, 6.07) is 17.1. The average molecular weight is 392 g/mol. The van der Waals surface area contributed by atoms with Crippen LogP contribution in [0.4, 0.5) is 5.69 Å². The van der Waals surface area contributed by atoms with Crippen molar-refractivity contribution in [2.75, 3.05) is 18.0 Å². The molecule has 152 valence electrons. The number of carbonyl (C=O) groups is 2. The SMILES string of the molecule is CCCN1C(=O)C(c2ccc(OC(C)C)cc2)=C(N(CC)c2ccccc2)C1=O. The molecule has 0 radical (unpaired) electrons. The number of hydrogen-bond donors (Lipinski definition) is 0. The van der Waals surface area contributed by atoms with E-state index < -0.39 is 0 Å². The second-order valence-electron chi connectivity index (χ2n) is 7.26. The highest BCUT2D eigenvalue weighted by molar-refractivity contribution is 6.36. The number of benzene rings is 2. The lowest BCUT2D eigenvalue weighted by atomic mass is 10.0.